The van der Waals surface area contributed by atoms with E-state index in [0.717, 1.165) is 27.1 Å². The maximum Gasteiger partial charge on any atom is 0.230 e. The van der Waals surface area contributed by atoms with Crippen molar-refractivity contribution in [2.45, 2.75) is 17.2 Å². The first-order chi connectivity index (χ1) is 10.7. The molecule has 1 heterocycles. The Balaban J connectivity index is 2.13. The van der Waals surface area contributed by atoms with Crippen molar-refractivity contribution in [3.05, 3.63) is 54.6 Å². The highest BCUT2D eigenvalue weighted by Crippen LogP contribution is 2.33. The van der Waals surface area contributed by atoms with E-state index in [1.165, 1.54) is 11.8 Å². The van der Waals surface area contributed by atoms with Gasteiger partial charge in [0.2, 0.25) is 5.91 Å². The van der Waals surface area contributed by atoms with Crippen molar-refractivity contribution in [1.29, 1.82) is 0 Å². The third-order valence-electron chi connectivity index (χ3n) is 3.39. The van der Waals surface area contributed by atoms with Gasteiger partial charge in [0.25, 0.3) is 0 Å². The first-order valence-corrected chi connectivity index (χ1v) is 7.81. The lowest BCUT2D eigenvalue weighted by Crippen LogP contribution is -2.22. The van der Waals surface area contributed by atoms with Gasteiger partial charge in [-0.1, -0.05) is 66.4 Å². The van der Waals surface area contributed by atoms with Crippen molar-refractivity contribution in [2.75, 3.05) is 0 Å². The van der Waals surface area contributed by atoms with Gasteiger partial charge in [0.15, 0.2) is 0 Å². The van der Waals surface area contributed by atoms with E-state index < -0.39 is 0 Å². The number of thioether (sulfide) groups is 1. The lowest BCUT2D eigenvalue weighted by molar-refractivity contribution is -0.117. The molecule has 1 amide bonds. The first-order valence-electron chi connectivity index (χ1n) is 6.93. The van der Waals surface area contributed by atoms with E-state index in [1.54, 1.807) is 6.92 Å². The smallest absolute Gasteiger partial charge is 0.230 e. The van der Waals surface area contributed by atoms with Gasteiger partial charge in [0, 0.05) is 16.3 Å². The van der Waals surface area contributed by atoms with Crippen LogP contribution < -0.4 is 5.73 Å². The van der Waals surface area contributed by atoms with E-state index in [0.29, 0.717) is 0 Å². The van der Waals surface area contributed by atoms with Gasteiger partial charge >= 0.3 is 0 Å². The van der Waals surface area contributed by atoms with Crippen LogP contribution in [0.15, 0.2) is 59.6 Å². The maximum absolute atomic E-state index is 11.3. The molecule has 0 spiro atoms. The predicted molar refractivity (Wildman–Crippen MR) is 89.5 cm³/mol. The molecule has 3 rings (SSSR count). The van der Waals surface area contributed by atoms with Crippen LogP contribution in [0.3, 0.4) is 0 Å². The minimum Gasteiger partial charge on any atom is -0.369 e. The number of carbonyl (C=O) groups excluding carboxylic acids is 1. The number of nitrogens with two attached hydrogens (primary N) is 1. The van der Waals surface area contributed by atoms with Crippen molar-refractivity contribution in [2.24, 2.45) is 5.73 Å². The molecule has 0 aliphatic rings. The molecule has 0 fully saturated rings. The quantitative estimate of drug-likeness (QED) is 0.751. The Morgan fingerprint density at radius 2 is 1.64 bits per heavy atom. The van der Waals surface area contributed by atoms with Gasteiger partial charge in [-0.05, 0) is 6.92 Å². The fraction of sp³-hybridized carbons (Fsp3) is 0.118. The Hall–Kier alpha value is -2.40. The normalized spacial score (nSPS) is 12.2. The van der Waals surface area contributed by atoms with Crippen LogP contribution >= 0.6 is 11.8 Å². The molecule has 0 aliphatic heterocycles. The van der Waals surface area contributed by atoms with Crippen LogP contribution in [0, 0.1) is 0 Å². The molecule has 0 unspecified atom stereocenters. The van der Waals surface area contributed by atoms with Gasteiger partial charge in [-0.15, -0.1) is 10.2 Å². The van der Waals surface area contributed by atoms with Crippen LogP contribution in [0.25, 0.3) is 22.0 Å². The van der Waals surface area contributed by atoms with Crippen LogP contribution in [-0.2, 0) is 4.79 Å². The number of rotatable bonds is 4. The molecule has 110 valence electrons. The highest BCUT2D eigenvalue weighted by molar-refractivity contribution is 8.00. The zero-order chi connectivity index (χ0) is 15.5. The minimum absolute atomic E-state index is 0.347. The monoisotopic (exact) mass is 309 g/mol. The standard InChI is InChI=1S/C17H15N3OS/c1-11(16(18)21)22-17-14-10-6-5-9-13(14)15(19-20-17)12-7-3-2-4-8-12/h2-11H,1H3,(H2,18,21)/t11-/m1/s1. The van der Waals surface area contributed by atoms with Crippen LogP contribution in [0.1, 0.15) is 6.92 Å². The lowest BCUT2D eigenvalue weighted by atomic mass is 10.1. The summed E-state index contributed by atoms with van der Waals surface area (Å²) >= 11 is 1.34. The molecule has 0 aliphatic carbocycles. The predicted octanol–water partition coefficient (Wildman–Crippen LogP) is 3.26. The molecule has 2 aromatic carbocycles. The van der Waals surface area contributed by atoms with Gasteiger partial charge < -0.3 is 5.73 Å². The Kier molecular flexibility index (Phi) is 4.06. The SMILES string of the molecule is C[C@@H](Sc1nnc(-c2ccccc2)c2ccccc12)C(N)=O. The second-order valence-electron chi connectivity index (χ2n) is 4.93. The fourth-order valence-corrected chi connectivity index (χ4v) is 3.05. The van der Waals surface area contributed by atoms with Crippen LogP contribution in [-0.4, -0.2) is 21.4 Å². The maximum atomic E-state index is 11.3. The minimum atomic E-state index is -0.358. The largest absolute Gasteiger partial charge is 0.369 e. The molecule has 5 heteroatoms. The molecule has 0 saturated carbocycles. The van der Waals surface area contributed by atoms with Crippen molar-refractivity contribution in [3.8, 4) is 11.3 Å². The summed E-state index contributed by atoms with van der Waals surface area (Å²) in [4.78, 5) is 11.3. The third kappa shape index (κ3) is 2.80. The van der Waals surface area contributed by atoms with E-state index in [2.05, 4.69) is 10.2 Å². The highest BCUT2D eigenvalue weighted by atomic mass is 32.2. The molecule has 0 saturated heterocycles. The molecule has 22 heavy (non-hydrogen) atoms. The number of benzene rings is 2. The van der Waals surface area contributed by atoms with Crippen molar-refractivity contribution >= 4 is 28.4 Å². The van der Waals surface area contributed by atoms with Crippen molar-refractivity contribution in [1.82, 2.24) is 10.2 Å². The average Bonchev–Trinajstić information content (AvgIpc) is 2.56. The Morgan fingerprint density at radius 1 is 1.00 bits per heavy atom. The number of carbonyl (C=O) groups is 1. The fourth-order valence-electron chi connectivity index (χ4n) is 2.20. The van der Waals surface area contributed by atoms with Crippen LogP contribution in [0.5, 0.6) is 0 Å². The number of aromatic nitrogens is 2. The second-order valence-corrected chi connectivity index (χ2v) is 6.26. The number of primary amides is 1. The molecule has 1 atom stereocenters. The summed E-state index contributed by atoms with van der Waals surface area (Å²) in [5, 5.41) is 11.1. The van der Waals surface area contributed by atoms with Gasteiger partial charge in [0.05, 0.1) is 5.25 Å². The van der Waals surface area contributed by atoms with E-state index in [4.69, 9.17) is 5.73 Å². The van der Waals surface area contributed by atoms with Gasteiger partial charge in [-0.25, -0.2) is 0 Å². The molecule has 2 N–H and O–H groups in total. The molecule has 3 aromatic rings. The van der Waals surface area contributed by atoms with E-state index in [9.17, 15) is 4.79 Å². The number of amides is 1. The van der Waals surface area contributed by atoms with E-state index in [1.807, 2.05) is 54.6 Å². The van der Waals surface area contributed by atoms with Crippen LogP contribution in [0.2, 0.25) is 0 Å². The zero-order valence-corrected chi connectivity index (χ0v) is 12.9. The van der Waals surface area contributed by atoms with Crippen LogP contribution in [0.4, 0.5) is 0 Å². The summed E-state index contributed by atoms with van der Waals surface area (Å²) in [5.41, 5.74) is 7.20. The second kappa shape index (κ2) is 6.15. The number of hydrogen-bond acceptors (Lipinski definition) is 4. The third-order valence-corrected chi connectivity index (χ3v) is 4.50. The molecule has 1 aromatic heterocycles. The molecular weight excluding hydrogens is 294 g/mol. The topological polar surface area (TPSA) is 68.9 Å². The van der Waals surface area contributed by atoms with Gasteiger partial charge in [-0.2, -0.15) is 0 Å². The Bertz CT molecular complexity index is 821. The Morgan fingerprint density at radius 3 is 2.32 bits per heavy atom. The lowest BCUT2D eigenvalue weighted by Gasteiger charge is -2.11. The Labute approximate surface area is 132 Å². The summed E-state index contributed by atoms with van der Waals surface area (Å²) in [6, 6.07) is 17.9. The van der Waals surface area contributed by atoms with Crippen molar-refractivity contribution in [3.63, 3.8) is 0 Å². The van der Waals surface area contributed by atoms with Crippen molar-refractivity contribution < 1.29 is 4.79 Å². The number of nitrogens with zero attached hydrogens (tertiary/aromatic N) is 2. The molecule has 0 radical (unpaired) electrons. The van der Waals surface area contributed by atoms with E-state index in [-0.39, 0.29) is 11.2 Å². The van der Waals surface area contributed by atoms with Gasteiger partial charge in [-0.3, -0.25) is 4.79 Å². The molecular formula is C17H15N3OS. The molecule has 4 nitrogen and oxygen atoms in total. The highest BCUT2D eigenvalue weighted by Gasteiger charge is 2.16. The summed E-state index contributed by atoms with van der Waals surface area (Å²) in [7, 11) is 0. The summed E-state index contributed by atoms with van der Waals surface area (Å²) in [6.07, 6.45) is 0. The number of fused-ring (bicyclic) bond motifs is 1. The van der Waals surface area contributed by atoms with Gasteiger partial charge in [0.1, 0.15) is 10.7 Å². The average molecular weight is 309 g/mol. The zero-order valence-electron chi connectivity index (χ0n) is 12.1. The summed E-state index contributed by atoms with van der Waals surface area (Å²) < 4.78 is 0. The summed E-state index contributed by atoms with van der Waals surface area (Å²) in [6.45, 7) is 1.77. The number of hydrogen-bond donors (Lipinski definition) is 1. The van der Waals surface area contributed by atoms with E-state index >= 15 is 0 Å². The first kappa shape index (κ1) is 14.5. The molecule has 0 bridgehead atoms. The summed E-state index contributed by atoms with van der Waals surface area (Å²) in [5.74, 6) is -0.358.